The minimum Gasteiger partial charge on any atom is -0.460 e. The molecule has 0 saturated carbocycles. The average molecular weight is 312 g/mol. The van der Waals surface area contributed by atoms with Gasteiger partial charge in [0.2, 0.25) is 6.29 Å². The van der Waals surface area contributed by atoms with Gasteiger partial charge in [0, 0.05) is 11.1 Å². The predicted octanol–water partition coefficient (Wildman–Crippen LogP) is 5.60. The molecular weight excluding hydrogens is 296 g/mol. The molecule has 1 aliphatic rings. The SMILES string of the molecule is c1ccc2c(c1)COC(c1c3ccccc3cc3ccccc13)O2. The molecule has 0 spiro atoms. The van der Waals surface area contributed by atoms with Crippen LogP contribution in [0, 0.1) is 0 Å². The van der Waals surface area contributed by atoms with Crippen LogP contribution in [-0.4, -0.2) is 0 Å². The Balaban J connectivity index is 1.76. The van der Waals surface area contributed by atoms with Crippen molar-refractivity contribution in [1.82, 2.24) is 0 Å². The second-order valence-electron chi connectivity index (χ2n) is 6.10. The summed E-state index contributed by atoms with van der Waals surface area (Å²) in [6.07, 6.45) is -0.393. The van der Waals surface area contributed by atoms with E-state index >= 15 is 0 Å². The van der Waals surface area contributed by atoms with E-state index in [4.69, 9.17) is 9.47 Å². The summed E-state index contributed by atoms with van der Waals surface area (Å²) in [6.45, 7) is 0.568. The third-order valence-electron chi connectivity index (χ3n) is 4.65. The van der Waals surface area contributed by atoms with Crippen molar-refractivity contribution >= 4 is 21.5 Å². The largest absolute Gasteiger partial charge is 0.460 e. The van der Waals surface area contributed by atoms with E-state index in [0.717, 1.165) is 16.9 Å². The molecule has 116 valence electrons. The molecule has 5 rings (SSSR count). The molecule has 4 aromatic rings. The molecule has 0 amide bonds. The van der Waals surface area contributed by atoms with Crippen LogP contribution in [0.2, 0.25) is 0 Å². The van der Waals surface area contributed by atoms with Crippen LogP contribution in [0.4, 0.5) is 0 Å². The average Bonchev–Trinajstić information content (AvgIpc) is 2.65. The van der Waals surface area contributed by atoms with Crippen LogP contribution in [0.15, 0.2) is 78.9 Å². The maximum Gasteiger partial charge on any atom is 0.228 e. The number of hydrogen-bond donors (Lipinski definition) is 0. The standard InChI is InChI=1S/C22H16O2/c1-4-10-18-15(7-1)13-16-8-2-5-11-19(16)21(18)22-23-14-17-9-3-6-12-20(17)24-22/h1-13,22H,14H2. The van der Waals surface area contributed by atoms with Crippen LogP contribution in [0.3, 0.4) is 0 Å². The first kappa shape index (κ1) is 13.6. The van der Waals surface area contributed by atoms with Gasteiger partial charge < -0.3 is 9.47 Å². The molecule has 2 nitrogen and oxygen atoms in total. The van der Waals surface area contributed by atoms with Crippen molar-refractivity contribution < 1.29 is 9.47 Å². The van der Waals surface area contributed by atoms with E-state index in [9.17, 15) is 0 Å². The van der Waals surface area contributed by atoms with E-state index in [1.807, 2.05) is 24.3 Å². The molecule has 0 aromatic heterocycles. The summed E-state index contributed by atoms with van der Waals surface area (Å²) in [5.74, 6) is 0.908. The van der Waals surface area contributed by atoms with E-state index in [-0.39, 0.29) is 0 Å². The molecule has 0 aliphatic carbocycles. The quantitative estimate of drug-likeness (QED) is 0.426. The zero-order chi connectivity index (χ0) is 15.9. The minimum absolute atomic E-state index is 0.393. The number of ether oxygens (including phenoxy) is 2. The van der Waals surface area contributed by atoms with E-state index in [2.05, 4.69) is 54.6 Å². The van der Waals surface area contributed by atoms with Gasteiger partial charge in [0.1, 0.15) is 5.75 Å². The smallest absolute Gasteiger partial charge is 0.228 e. The Bertz CT molecular complexity index is 998. The summed E-state index contributed by atoms with van der Waals surface area (Å²) in [4.78, 5) is 0. The topological polar surface area (TPSA) is 18.5 Å². The van der Waals surface area contributed by atoms with Crippen molar-refractivity contribution in [1.29, 1.82) is 0 Å². The second-order valence-corrected chi connectivity index (χ2v) is 6.10. The van der Waals surface area contributed by atoms with E-state index in [1.54, 1.807) is 0 Å². The molecule has 0 radical (unpaired) electrons. The molecule has 0 fully saturated rings. The molecule has 4 aromatic carbocycles. The van der Waals surface area contributed by atoms with Gasteiger partial charge in [-0.15, -0.1) is 0 Å². The molecule has 1 atom stereocenters. The van der Waals surface area contributed by atoms with Gasteiger partial charge in [-0.25, -0.2) is 0 Å². The Hall–Kier alpha value is -2.84. The fraction of sp³-hybridized carbons (Fsp3) is 0.0909. The van der Waals surface area contributed by atoms with Gasteiger partial charge >= 0.3 is 0 Å². The molecule has 1 unspecified atom stereocenters. The van der Waals surface area contributed by atoms with E-state index < -0.39 is 6.29 Å². The predicted molar refractivity (Wildman–Crippen MR) is 96.1 cm³/mol. The third-order valence-corrected chi connectivity index (χ3v) is 4.65. The number of para-hydroxylation sites is 1. The zero-order valence-electron chi connectivity index (χ0n) is 13.1. The number of fused-ring (bicyclic) bond motifs is 3. The van der Waals surface area contributed by atoms with Crippen molar-refractivity contribution in [2.24, 2.45) is 0 Å². The van der Waals surface area contributed by atoms with E-state index in [0.29, 0.717) is 6.61 Å². The summed E-state index contributed by atoms with van der Waals surface area (Å²) in [5.41, 5.74) is 2.21. The second kappa shape index (κ2) is 5.36. The molecule has 1 heterocycles. The van der Waals surface area contributed by atoms with Gasteiger partial charge in [-0.1, -0.05) is 66.7 Å². The van der Waals surface area contributed by atoms with Gasteiger partial charge in [0.15, 0.2) is 0 Å². The van der Waals surface area contributed by atoms with Crippen molar-refractivity contribution in [3.63, 3.8) is 0 Å². The van der Waals surface area contributed by atoms with Gasteiger partial charge in [0.05, 0.1) is 6.61 Å². The minimum atomic E-state index is -0.393. The Labute approximate surface area is 140 Å². The summed E-state index contributed by atoms with van der Waals surface area (Å²) in [7, 11) is 0. The van der Waals surface area contributed by atoms with Gasteiger partial charge in [-0.2, -0.15) is 0 Å². The monoisotopic (exact) mass is 312 g/mol. The summed E-state index contributed by atoms with van der Waals surface area (Å²) < 4.78 is 12.3. The number of hydrogen-bond acceptors (Lipinski definition) is 2. The van der Waals surface area contributed by atoms with Gasteiger partial charge in [0.25, 0.3) is 0 Å². The zero-order valence-corrected chi connectivity index (χ0v) is 13.1. The summed E-state index contributed by atoms with van der Waals surface area (Å²) >= 11 is 0. The Morgan fingerprint density at radius 3 is 2.08 bits per heavy atom. The highest BCUT2D eigenvalue weighted by molar-refractivity contribution is 6.02. The molecule has 0 saturated heterocycles. The van der Waals surface area contributed by atoms with Crippen LogP contribution in [-0.2, 0) is 11.3 Å². The molecule has 24 heavy (non-hydrogen) atoms. The van der Waals surface area contributed by atoms with Crippen molar-refractivity contribution in [2.75, 3.05) is 0 Å². The maximum atomic E-state index is 6.21. The fourth-order valence-electron chi connectivity index (χ4n) is 3.50. The first-order chi connectivity index (χ1) is 11.9. The van der Waals surface area contributed by atoms with Crippen molar-refractivity contribution in [3.8, 4) is 5.75 Å². The Morgan fingerprint density at radius 1 is 0.708 bits per heavy atom. The van der Waals surface area contributed by atoms with Crippen LogP contribution in [0.5, 0.6) is 5.75 Å². The number of rotatable bonds is 1. The Kier molecular flexibility index (Phi) is 3.03. The first-order valence-electron chi connectivity index (χ1n) is 8.17. The summed E-state index contributed by atoms with van der Waals surface area (Å²) in [6, 6.07) is 27.1. The lowest BCUT2D eigenvalue weighted by Crippen LogP contribution is -2.18. The van der Waals surface area contributed by atoms with Crippen LogP contribution in [0.25, 0.3) is 21.5 Å². The van der Waals surface area contributed by atoms with Crippen LogP contribution >= 0.6 is 0 Å². The first-order valence-corrected chi connectivity index (χ1v) is 8.17. The van der Waals surface area contributed by atoms with Gasteiger partial charge in [-0.3, -0.25) is 0 Å². The maximum absolute atomic E-state index is 6.21. The van der Waals surface area contributed by atoms with Gasteiger partial charge in [-0.05, 0) is 33.7 Å². The lowest BCUT2D eigenvalue weighted by atomic mass is 9.96. The molecule has 0 bridgehead atoms. The lowest BCUT2D eigenvalue weighted by Gasteiger charge is -2.28. The third kappa shape index (κ3) is 2.08. The molecule has 0 N–H and O–H groups in total. The highest BCUT2D eigenvalue weighted by Crippen LogP contribution is 2.39. The molecular formula is C22H16O2. The number of benzene rings is 4. The highest BCUT2D eigenvalue weighted by atomic mass is 16.7. The lowest BCUT2D eigenvalue weighted by molar-refractivity contribution is -0.109. The summed E-state index contributed by atoms with van der Waals surface area (Å²) in [5, 5.41) is 4.77. The fourth-order valence-corrected chi connectivity index (χ4v) is 3.50. The Morgan fingerprint density at radius 2 is 1.33 bits per heavy atom. The van der Waals surface area contributed by atoms with Crippen molar-refractivity contribution in [2.45, 2.75) is 12.9 Å². The van der Waals surface area contributed by atoms with Crippen LogP contribution in [0.1, 0.15) is 17.4 Å². The highest BCUT2D eigenvalue weighted by Gasteiger charge is 2.25. The van der Waals surface area contributed by atoms with E-state index in [1.165, 1.54) is 21.5 Å². The van der Waals surface area contributed by atoms with Crippen molar-refractivity contribution in [3.05, 3.63) is 90.0 Å². The van der Waals surface area contributed by atoms with Crippen LogP contribution < -0.4 is 4.74 Å². The molecule has 1 aliphatic heterocycles. The normalized spacial score (nSPS) is 16.8. The molecule has 2 heteroatoms.